The summed E-state index contributed by atoms with van der Waals surface area (Å²) >= 11 is 5.24. The van der Waals surface area contributed by atoms with Crippen LogP contribution in [0.3, 0.4) is 0 Å². The van der Waals surface area contributed by atoms with Gasteiger partial charge < -0.3 is 5.73 Å². The molecule has 0 aliphatic heterocycles. The standard InChI is InChI=1S/C16H22BrN3S/c1-9(2)8-10-13(17)14(18)20-15(19-10)11-6-7-12(21-11)16(3,4)5/h6-7,9H,8H2,1-5H3,(H2,18,19,20). The monoisotopic (exact) mass is 367 g/mol. The molecule has 5 heteroatoms. The van der Waals surface area contributed by atoms with E-state index in [9.17, 15) is 0 Å². The molecule has 0 fully saturated rings. The summed E-state index contributed by atoms with van der Waals surface area (Å²) < 4.78 is 0.826. The van der Waals surface area contributed by atoms with Crippen LogP contribution in [-0.4, -0.2) is 9.97 Å². The number of nitrogens with zero attached hydrogens (tertiary/aromatic N) is 2. The van der Waals surface area contributed by atoms with Crippen LogP contribution in [0.1, 0.15) is 45.2 Å². The van der Waals surface area contributed by atoms with E-state index in [1.165, 1.54) is 4.88 Å². The molecule has 0 saturated carbocycles. The van der Waals surface area contributed by atoms with Crippen LogP contribution in [0, 0.1) is 5.92 Å². The van der Waals surface area contributed by atoms with Gasteiger partial charge in [0.1, 0.15) is 5.82 Å². The highest BCUT2D eigenvalue weighted by molar-refractivity contribution is 9.10. The van der Waals surface area contributed by atoms with Crippen LogP contribution >= 0.6 is 27.3 Å². The Hall–Kier alpha value is -0.940. The van der Waals surface area contributed by atoms with Crippen LogP contribution in [0.15, 0.2) is 16.6 Å². The molecule has 0 radical (unpaired) electrons. The number of nitrogen functional groups attached to an aromatic ring is 1. The summed E-state index contributed by atoms with van der Waals surface area (Å²) in [6, 6.07) is 4.25. The molecule has 2 N–H and O–H groups in total. The summed E-state index contributed by atoms with van der Waals surface area (Å²) in [6.07, 6.45) is 0.887. The van der Waals surface area contributed by atoms with Gasteiger partial charge in [0.2, 0.25) is 0 Å². The van der Waals surface area contributed by atoms with Gasteiger partial charge in [0.25, 0.3) is 0 Å². The minimum Gasteiger partial charge on any atom is -0.383 e. The van der Waals surface area contributed by atoms with E-state index in [2.05, 4.69) is 67.7 Å². The van der Waals surface area contributed by atoms with Crippen molar-refractivity contribution in [1.82, 2.24) is 9.97 Å². The molecule has 0 saturated heterocycles. The Morgan fingerprint density at radius 1 is 1.24 bits per heavy atom. The number of hydrogen-bond donors (Lipinski definition) is 1. The van der Waals surface area contributed by atoms with E-state index in [4.69, 9.17) is 10.7 Å². The van der Waals surface area contributed by atoms with Crippen molar-refractivity contribution in [3.63, 3.8) is 0 Å². The van der Waals surface area contributed by atoms with Crippen molar-refractivity contribution in [3.05, 3.63) is 27.2 Å². The lowest BCUT2D eigenvalue weighted by atomic mass is 9.95. The van der Waals surface area contributed by atoms with Crippen molar-refractivity contribution in [2.45, 2.75) is 46.5 Å². The SMILES string of the molecule is CC(C)Cc1nc(-c2ccc(C(C)(C)C)s2)nc(N)c1Br. The molecule has 0 aliphatic carbocycles. The Morgan fingerprint density at radius 2 is 1.90 bits per heavy atom. The average Bonchev–Trinajstić information content (AvgIpc) is 2.83. The first-order valence-corrected chi connectivity index (χ1v) is 8.72. The number of hydrogen-bond acceptors (Lipinski definition) is 4. The van der Waals surface area contributed by atoms with E-state index in [-0.39, 0.29) is 5.41 Å². The van der Waals surface area contributed by atoms with Crippen molar-refractivity contribution in [2.24, 2.45) is 5.92 Å². The lowest BCUT2D eigenvalue weighted by molar-refractivity contribution is 0.604. The lowest BCUT2D eigenvalue weighted by Gasteiger charge is -2.15. The van der Waals surface area contributed by atoms with E-state index >= 15 is 0 Å². The first-order valence-electron chi connectivity index (χ1n) is 7.11. The third kappa shape index (κ3) is 3.83. The highest BCUT2D eigenvalue weighted by Gasteiger charge is 2.19. The van der Waals surface area contributed by atoms with Crippen molar-refractivity contribution in [1.29, 1.82) is 0 Å². The molecular weight excluding hydrogens is 346 g/mol. The summed E-state index contributed by atoms with van der Waals surface area (Å²) in [5.41, 5.74) is 7.16. The number of aromatic nitrogens is 2. The predicted molar refractivity (Wildman–Crippen MR) is 94.7 cm³/mol. The van der Waals surface area contributed by atoms with Crippen LogP contribution in [-0.2, 0) is 11.8 Å². The van der Waals surface area contributed by atoms with E-state index < -0.39 is 0 Å². The molecule has 0 spiro atoms. The molecule has 2 aromatic heterocycles. The van der Waals surface area contributed by atoms with E-state index in [0.717, 1.165) is 27.3 Å². The summed E-state index contributed by atoms with van der Waals surface area (Å²) in [5.74, 6) is 1.77. The minimum absolute atomic E-state index is 0.143. The van der Waals surface area contributed by atoms with Crippen LogP contribution in [0.5, 0.6) is 0 Å². The number of rotatable bonds is 3. The predicted octanol–water partition coefficient (Wildman–Crippen LogP) is 5.05. The summed E-state index contributed by atoms with van der Waals surface area (Å²) in [5, 5.41) is 0. The van der Waals surface area contributed by atoms with Crippen LogP contribution < -0.4 is 5.73 Å². The number of thiophene rings is 1. The molecule has 0 aliphatic rings. The van der Waals surface area contributed by atoms with Gasteiger partial charge in [-0.1, -0.05) is 34.6 Å². The number of anilines is 1. The molecule has 3 nitrogen and oxygen atoms in total. The second kappa shape index (κ2) is 6.05. The third-order valence-electron chi connectivity index (χ3n) is 3.11. The fraction of sp³-hybridized carbons (Fsp3) is 0.500. The smallest absolute Gasteiger partial charge is 0.171 e. The van der Waals surface area contributed by atoms with Gasteiger partial charge in [-0.25, -0.2) is 9.97 Å². The Kier molecular flexibility index (Phi) is 4.73. The number of nitrogens with two attached hydrogens (primary N) is 1. The first kappa shape index (κ1) is 16.4. The minimum atomic E-state index is 0.143. The normalized spacial score (nSPS) is 12.1. The van der Waals surface area contributed by atoms with Gasteiger partial charge in [-0.3, -0.25) is 0 Å². The Balaban J connectivity index is 2.44. The first-order chi connectivity index (χ1) is 9.68. The van der Waals surface area contributed by atoms with Gasteiger partial charge in [-0.15, -0.1) is 11.3 Å². The largest absolute Gasteiger partial charge is 0.383 e. The molecule has 2 rings (SSSR count). The molecule has 0 amide bonds. The van der Waals surface area contributed by atoms with Gasteiger partial charge in [0.05, 0.1) is 15.0 Å². The fourth-order valence-electron chi connectivity index (χ4n) is 2.01. The van der Waals surface area contributed by atoms with Crippen molar-refractivity contribution in [2.75, 3.05) is 5.73 Å². The zero-order chi connectivity index (χ0) is 15.8. The lowest BCUT2D eigenvalue weighted by Crippen LogP contribution is -2.07. The topological polar surface area (TPSA) is 51.8 Å². The van der Waals surface area contributed by atoms with Gasteiger partial charge in [0, 0.05) is 4.88 Å². The Bertz CT molecular complexity index is 641. The zero-order valence-electron chi connectivity index (χ0n) is 13.2. The second-order valence-electron chi connectivity index (χ2n) is 6.70. The third-order valence-corrected chi connectivity index (χ3v) is 5.48. The fourth-order valence-corrected chi connectivity index (χ4v) is 3.34. The summed E-state index contributed by atoms with van der Waals surface area (Å²) in [4.78, 5) is 11.5. The molecule has 114 valence electrons. The second-order valence-corrected chi connectivity index (χ2v) is 8.58. The quantitative estimate of drug-likeness (QED) is 0.825. The molecule has 0 bridgehead atoms. The zero-order valence-corrected chi connectivity index (χ0v) is 15.6. The van der Waals surface area contributed by atoms with Gasteiger partial charge in [0.15, 0.2) is 5.82 Å². The highest BCUT2D eigenvalue weighted by Crippen LogP contribution is 2.35. The summed E-state index contributed by atoms with van der Waals surface area (Å²) in [6.45, 7) is 11.0. The molecule has 2 aromatic rings. The van der Waals surface area contributed by atoms with Gasteiger partial charge in [-0.05, 0) is 45.8 Å². The van der Waals surface area contributed by atoms with E-state index in [1.807, 2.05) is 0 Å². The molecular formula is C16H22BrN3S. The van der Waals surface area contributed by atoms with Gasteiger partial charge >= 0.3 is 0 Å². The van der Waals surface area contributed by atoms with Crippen LogP contribution in [0.25, 0.3) is 10.7 Å². The van der Waals surface area contributed by atoms with Crippen LogP contribution in [0.4, 0.5) is 5.82 Å². The van der Waals surface area contributed by atoms with Crippen molar-refractivity contribution < 1.29 is 0 Å². The maximum absolute atomic E-state index is 6.03. The Labute approximate surface area is 139 Å². The maximum Gasteiger partial charge on any atom is 0.171 e. The average molecular weight is 368 g/mol. The number of halogens is 1. The van der Waals surface area contributed by atoms with Crippen LogP contribution in [0.2, 0.25) is 0 Å². The maximum atomic E-state index is 6.03. The molecule has 21 heavy (non-hydrogen) atoms. The van der Waals surface area contributed by atoms with Crippen molar-refractivity contribution >= 4 is 33.1 Å². The van der Waals surface area contributed by atoms with Crippen molar-refractivity contribution in [3.8, 4) is 10.7 Å². The summed E-state index contributed by atoms with van der Waals surface area (Å²) in [7, 11) is 0. The highest BCUT2D eigenvalue weighted by atomic mass is 79.9. The van der Waals surface area contributed by atoms with Gasteiger partial charge in [-0.2, -0.15) is 0 Å². The molecule has 0 unspecified atom stereocenters. The Morgan fingerprint density at radius 3 is 2.43 bits per heavy atom. The van der Waals surface area contributed by atoms with E-state index in [0.29, 0.717) is 11.7 Å². The van der Waals surface area contributed by atoms with E-state index in [1.54, 1.807) is 11.3 Å². The molecule has 0 aromatic carbocycles. The molecule has 0 atom stereocenters. The molecule has 2 heterocycles.